The molecule has 1 aliphatic rings. The molecule has 1 rings (SSSR count). The van der Waals surface area contributed by atoms with E-state index in [2.05, 4.69) is 37.4 Å². The number of thioether (sulfide) groups is 2. The van der Waals surface area contributed by atoms with Crippen LogP contribution in [0.5, 0.6) is 0 Å². The largest absolute Gasteiger partial charge is 0.251 e. The zero-order valence-corrected chi connectivity index (χ0v) is 9.63. The summed E-state index contributed by atoms with van der Waals surface area (Å²) in [7, 11) is 0. The Balaban J connectivity index is 2.83. The molecule has 0 amide bonds. The van der Waals surface area contributed by atoms with Crippen molar-refractivity contribution in [2.24, 2.45) is 10.9 Å². The van der Waals surface area contributed by atoms with Crippen molar-refractivity contribution in [3.8, 4) is 0 Å². The lowest BCUT2D eigenvalue weighted by Gasteiger charge is -2.24. The van der Waals surface area contributed by atoms with E-state index in [0.717, 1.165) is 5.70 Å². The van der Waals surface area contributed by atoms with Gasteiger partial charge in [0.05, 0.1) is 5.04 Å². The fraction of sp³-hybridized carbons (Fsp3) is 0.667. The van der Waals surface area contributed by atoms with Crippen LogP contribution in [0.1, 0.15) is 13.8 Å². The normalized spacial score (nSPS) is 29.7. The van der Waals surface area contributed by atoms with Crippen molar-refractivity contribution in [3.05, 3.63) is 11.8 Å². The fourth-order valence-electron chi connectivity index (χ4n) is 1.34. The number of rotatable bonds is 1. The van der Waals surface area contributed by atoms with Gasteiger partial charge in [-0.3, -0.25) is 4.99 Å². The molecule has 2 atom stereocenters. The molecule has 0 bridgehead atoms. The van der Waals surface area contributed by atoms with Crippen LogP contribution >= 0.6 is 23.5 Å². The Morgan fingerprint density at radius 1 is 1.42 bits per heavy atom. The van der Waals surface area contributed by atoms with E-state index in [4.69, 9.17) is 0 Å². The van der Waals surface area contributed by atoms with E-state index in [1.807, 2.05) is 11.8 Å². The van der Waals surface area contributed by atoms with Crippen LogP contribution in [0.4, 0.5) is 0 Å². The summed E-state index contributed by atoms with van der Waals surface area (Å²) in [6, 6.07) is 0. The topological polar surface area (TPSA) is 12.4 Å². The first-order valence-corrected chi connectivity index (χ1v) is 6.54. The minimum absolute atomic E-state index is 0.582. The SMILES string of the molecule is CSC1=NC(C)=CC(SC)C1C. The predicted molar refractivity (Wildman–Crippen MR) is 61.2 cm³/mol. The molecule has 1 aliphatic heterocycles. The van der Waals surface area contributed by atoms with E-state index in [9.17, 15) is 0 Å². The monoisotopic (exact) mass is 201 g/mol. The highest BCUT2D eigenvalue weighted by atomic mass is 32.2. The predicted octanol–water partition coefficient (Wildman–Crippen LogP) is 3.03. The second-order valence-electron chi connectivity index (χ2n) is 2.95. The molecule has 3 heteroatoms. The molecule has 1 nitrogen and oxygen atoms in total. The lowest BCUT2D eigenvalue weighted by molar-refractivity contribution is 0.797. The van der Waals surface area contributed by atoms with Gasteiger partial charge in [0, 0.05) is 16.9 Å². The first-order chi connectivity index (χ1) is 5.69. The van der Waals surface area contributed by atoms with Crippen molar-refractivity contribution >= 4 is 28.6 Å². The molecular formula is C9H15NS2. The van der Waals surface area contributed by atoms with Gasteiger partial charge in [-0.25, -0.2) is 0 Å². The summed E-state index contributed by atoms with van der Waals surface area (Å²) in [6.45, 7) is 4.32. The maximum absolute atomic E-state index is 4.51. The highest BCUT2D eigenvalue weighted by molar-refractivity contribution is 8.13. The third-order valence-corrected chi connectivity index (χ3v) is 4.03. The summed E-state index contributed by atoms with van der Waals surface area (Å²) < 4.78 is 0. The zero-order valence-electron chi connectivity index (χ0n) is 8.00. The van der Waals surface area contributed by atoms with E-state index >= 15 is 0 Å². The average Bonchev–Trinajstić information content (AvgIpc) is 2.08. The number of aliphatic imine (C=N–C) groups is 1. The standard InChI is InChI=1S/C9H15NS2/c1-6-5-8(11-3)7(2)9(10-6)12-4/h5,7-8H,1-4H3. The Kier molecular flexibility index (Phi) is 3.72. The molecule has 0 spiro atoms. The number of allylic oxidation sites excluding steroid dienone is 1. The van der Waals surface area contributed by atoms with Gasteiger partial charge in [0.1, 0.15) is 0 Å². The minimum atomic E-state index is 0.582. The lowest BCUT2D eigenvalue weighted by Crippen LogP contribution is -2.22. The molecule has 0 aromatic carbocycles. The third-order valence-electron chi connectivity index (χ3n) is 2.06. The summed E-state index contributed by atoms with van der Waals surface area (Å²) >= 11 is 3.68. The average molecular weight is 201 g/mol. The van der Waals surface area contributed by atoms with E-state index in [1.54, 1.807) is 11.8 Å². The van der Waals surface area contributed by atoms with Gasteiger partial charge in [0.2, 0.25) is 0 Å². The van der Waals surface area contributed by atoms with Crippen LogP contribution in [0.25, 0.3) is 0 Å². The van der Waals surface area contributed by atoms with Gasteiger partial charge in [-0.05, 0) is 25.5 Å². The van der Waals surface area contributed by atoms with Crippen LogP contribution < -0.4 is 0 Å². The summed E-state index contributed by atoms with van der Waals surface area (Å²) in [6.07, 6.45) is 6.52. The van der Waals surface area contributed by atoms with E-state index < -0.39 is 0 Å². The molecule has 0 radical (unpaired) electrons. The number of hydrogen-bond acceptors (Lipinski definition) is 3. The van der Waals surface area contributed by atoms with Crippen LogP contribution in [0.15, 0.2) is 16.8 Å². The minimum Gasteiger partial charge on any atom is -0.251 e. The summed E-state index contributed by atoms with van der Waals surface area (Å²) in [5.41, 5.74) is 1.16. The molecule has 0 N–H and O–H groups in total. The van der Waals surface area contributed by atoms with Crippen molar-refractivity contribution in [2.45, 2.75) is 19.1 Å². The van der Waals surface area contributed by atoms with E-state index in [1.165, 1.54) is 5.04 Å². The Morgan fingerprint density at radius 3 is 2.58 bits per heavy atom. The molecule has 1 heterocycles. The van der Waals surface area contributed by atoms with Crippen LogP contribution in [0, 0.1) is 5.92 Å². The highest BCUT2D eigenvalue weighted by Gasteiger charge is 2.22. The van der Waals surface area contributed by atoms with E-state index in [-0.39, 0.29) is 0 Å². The Bertz CT molecular complexity index is 221. The molecule has 0 aliphatic carbocycles. The lowest BCUT2D eigenvalue weighted by atomic mass is 10.1. The van der Waals surface area contributed by atoms with Gasteiger partial charge in [0.15, 0.2) is 0 Å². The van der Waals surface area contributed by atoms with Crippen molar-refractivity contribution in [2.75, 3.05) is 12.5 Å². The van der Waals surface area contributed by atoms with Crippen molar-refractivity contribution < 1.29 is 0 Å². The molecule has 0 saturated heterocycles. The molecule has 68 valence electrons. The van der Waals surface area contributed by atoms with Gasteiger partial charge in [-0.1, -0.05) is 6.92 Å². The Hall–Kier alpha value is 0.110. The summed E-state index contributed by atoms with van der Waals surface area (Å²) in [4.78, 5) is 4.51. The molecule has 0 aromatic heterocycles. The molecular weight excluding hydrogens is 186 g/mol. The van der Waals surface area contributed by atoms with E-state index in [0.29, 0.717) is 11.2 Å². The molecule has 0 saturated carbocycles. The van der Waals surface area contributed by atoms with Crippen molar-refractivity contribution in [1.29, 1.82) is 0 Å². The number of nitrogens with zero attached hydrogens (tertiary/aromatic N) is 1. The van der Waals surface area contributed by atoms with Crippen molar-refractivity contribution in [1.82, 2.24) is 0 Å². The fourth-order valence-corrected chi connectivity index (χ4v) is 3.05. The first kappa shape index (κ1) is 10.2. The second-order valence-corrected chi connectivity index (χ2v) is 4.79. The van der Waals surface area contributed by atoms with Gasteiger partial charge in [-0.2, -0.15) is 11.8 Å². The van der Waals surface area contributed by atoms with Gasteiger partial charge in [-0.15, -0.1) is 11.8 Å². The van der Waals surface area contributed by atoms with Crippen LogP contribution in [-0.2, 0) is 0 Å². The van der Waals surface area contributed by atoms with Gasteiger partial charge in [0.25, 0.3) is 0 Å². The molecule has 2 unspecified atom stereocenters. The molecule has 0 fully saturated rings. The molecule has 12 heavy (non-hydrogen) atoms. The second kappa shape index (κ2) is 4.38. The Labute approximate surface area is 83.1 Å². The maximum atomic E-state index is 4.51. The summed E-state index contributed by atoms with van der Waals surface area (Å²) in [5.74, 6) is 0.582. The van der Waals surface area contributed by atoms with Crippen molar-refractivity contribution in [3.63, 3.8) is 0 Å². The number of hydrogen-bond donors (Lipinski definition) is 0. The highest BCUT2D eigenvalue weighted by Crippen LogP contribution is 2.29. The summed E-state index contributed by atoms with van der Waals surface area (Å²) in [5, 5.41) is 1.89. The maximum Gasteiger partial charge on any atom is 0.0774 e. The third kappa shape index (κ3) is 2.07. The Morgan fingerprint density at radius 2 is 2.08 bits per heavy atom. The smallest absolute Gasteiger partial charge is 0.0774 e. The van der Waals surface area contributed by atoms with Crippen LogP contribution in [-0.4, -0.2) is 22.8 Å². The molecule has 0 aromatic rings. The van der Waals surface area contributed by atoms with Gasteiger partial charge < -0.3 is 0 Å². The van der Waals surface area contributed by atoms with Crippen LogP contribution in [0.3, 0.4) is 0 Å². The van der Waals surface area contributed by atoms with Gasteiger partial charge >= 0.3 is 0 Å². The van der Waals surface area contributed by atoms with Crippen LogP contribution in [0.2, 0.25) is 0 Å². The zero-order chi connectivity index (χ0) is 9.14. The quantitative estimate of drug-likeness (QED) is 0.646. The first-order valence-electron chi connectivity index (χ1n) is 4.02.